The second kappa shape index (κ2) is 6.51. The average molecular weight is 224 g/mol. The maximum Gasteiger partial charge on any atom is 0.310 e. The molecule has 0 saturated heterocycles. The van der Waals surface area contributed by atoms with Gasteiger partial charge in [0.25, 0.3) is 0 Å². The largest absolute Gasteiger partial charge is 0.481 e. The Kier molecular flexibility index (Phi) is 5.26. The molecule has 0 spiro atoms. The summed E-state index contributed by atoms with van der Waals surface area (Å²) < 4.78 is 0. The second-order valence-corrected chi connectivity index (χ2v) is 3.97. The van der Waals surface area contributed by atoms with Crippen molar-refractivity contribution in [2.75, 3.05) is 5.75 Å². The Morgan fingerprint density at radius 2 is 1.93 bits per heavy atom. The highest BCUT2D eigenvalue weighted by Gasteiger charge is 2.18. The summed E-state index contributed by atoms with van der Waals surface area (Å²) in [5.41, 5.74) is 0.893. The number of carbonyl (C=O) groups is 1. The normalized spacial score (nSPS) is 12.3. The number of aliphatic carboxylic acids is 1. The number of rotatable bonds is 6. The summed E-state index contributed by atoms with van der Waals surface area (Å²) in [6.07, 6.45) is 2.58. The van der Waals surface area contributed by atoms with Gasteiger partial charge in [-0.3, -0.25) is 4.79 Å². The molecule has 0 aliphatic carbocycles. The fraction of sp³-hybridized carbons (Fsp3) is 0.417. The lowest BCUT2D eigenvalue weighted by atomic mass is 9.94. The van der Waals surface area contributed by atoms with Crippen molar-refractivity contribution in [1.82, 2.24) is 0 Å². The van der Waals surface area contributed by atoms with Crippen molar-refractivity contribution in [2.24, 2.45) is 0 Å². The van der Waals surface area contributed by atoms with Gasteiger partial charge in [0.2, 0.25) is 0 Å². The molecule has 1 N–H and O–H groups in total. The zero-order valence-electron chi connectivity index (χ0n) is 8.60. The number of benzene rings is 1. The van der Waals surface area contributed by atoms with E-state index in [1.165, 1.54) is 0 Å². The zero-order chi connectivity index (χ0) is 11.1. The number of carboxylic acids is 1. The van der Waals surface area contributed by atoms with Crippen LogP contribution in [0.3, 0.4) is 0 Å². The molecule has 0 aliphatic heterocycles. The van der Waals surface area contributed by atoms with E-state index in [1.54, 1.807) is 0 Å². The maximum absolute atomic E-state index is 11.1. The third kappa shape index (κ3) is 3.96. The van der Waals surface area contributed by atoms with E-state index in [0.29, 0.717) is 6.42 Å². The van der Waals surface area contributed by atoms with Crippen LogP contribution in [-0.4, -0.2) is 16.8 Å². The predicted molar refractivity (Wildman–Crippen MR) is 64.5 cm³/mol. The van der Waals surface area contributed by atoms with Crippen LogP contribution >= 0.6 is 12.6 Å². The lowest BCUT2D eigenvalue weighted by Crippen LogP contribution is -2.11. The molecule has 3 heteroatoms. The topological polar surface area (TPSA) is 37.3 Å². The molecular weight excluding hydrogens is 208 g/mol. The zero-order valence-corrected chi connectivity index (χ0v) is 9.49. The summed E-state index contributed by atoms with van der Waals surface area (Å²) in [7, 11) is 0. The molecule has 1 rings (SSSR count). The molecule has 0 radical (unpaired) electrons. The van der Waals surface area contributed by atoms with Gasteiger partial charge in [0.15, 0.2) is 0 Å². The van der Waals surface area contributed by atoms with Gasteiger partial charge in [0.05, 0.1) is 5.92 Å². The van der Waals surface area contributed by atoms with Crippen LogP contribution in [0.15, 0.2) is 30.3 Å². The predicted octanol–water partition coefficient (Wildman–Crippen LogP) is 2.95. The quantitative estimate of drug-likeness (QED) is 0.576. The van der Waals surface area contributed by atoms with Crippen molar-refractivity contribution in [2.45, 2.75) is 25.2 Å². The number of thiol groups is 1. The molecule has 0 saturated carbocycles. The van der Waals surface area contributed by atoms with Crippen LogP contribution in [0.4, 0.5) is 0 Å². The van der Waals surface area contributed by atoms with E-state index in [9.17, 15) is 4.79 Å². The molecule has 2 nitrogen and oxygen atoms in total. The van der Waals surface area contributed by atoms with Crippen molar-refractivity contribution in [3.63, 3.8) is 0 Å². The van der Waals surface area contributed by atoms with E-state index in [4.69, 9.17) is 5.11 Å². The molecule has 1 unspecified atom stereocenters. The van der Waals surface area contributed by atoms with Gasteiger partial charge in [-0.05, 0) is 24.2 Å². The molecule has 15 heavy (non-hydrogen) atoms. The molecule has 0 aromatic heterocycles. The van der Waals surface area contributed by atoms with Gasteiger partial charge in [-0.1, -0.05) is 36.8 Å². The van der Waals surface area contributed by atoms with Crippen LogP contribution in [-0.2, 0) is 4.79 Å². The summed E-state index contributed by atoms with van der Waals surface area (Å²) in [4.78, 5) is 11.1. The first kappa shape index (κ1) is 12.1. The molecule has 0 bridgehead atoms. The van der Waals surface area contributed by atoms with Gasteiger partial charge in [0, 0.05) is 0 Å². The van der Waals surface area contributed by atoms with Crippen molar-refractivity contribution in [3.05, 3.63) is 35.9 Å². The van der Waals surface area contributed by atoms with E-state index in [0.717, 1.165) is 24.2 Å². The maximum atomic E-state index is 11.1. The van der Waals surface area contributed by atoms with Crippen LogP contribution in [0.25, 0.3) is 0 Å². The molecular formula is C12H16O2S. The number of hydrogen-bond acceptors (Lipinski definition) is 2. The van der Waals surface area contributed by atoms with Crippen molar-refractivity contribution >= 4 is 18.6 Å². The van der Waals surface area contributed by atoms with Crippen LogP contribution in [0.5, 0.6) is 0 Å². The third-order valence-corrected chi connectivity index (χ3v) is 2.72. The molecule has 0 amide bonds. The lowest BCUT2D eigenvalue weighted by molar-refractivity contribution is -0.139. The Labute approximate surface area is 95.7 Å². The van der Waals surface area contributed by atoms with Crippen LogP contribution in [0, 0.1) is 0 Å². The molecule has 0 fully saturated rings. The number of unbranched alkanes of at least 4 members (excludes halogenated alkanes) is 1. The van der Waals surface area contributed by atoms with E-state index in [1.807, 2.05) is 30.3 Å². The van der Waals surface area contributed by atoms with Gasteiger partial charge < -0.3 is 5.11 Å². The minimum Gasteiger partial charge on any atom is -0.481 e. The Hall–Kier alpha value is -0.960. The number of hydrogen-bond donors (Lipinski definition) is 2. The minimum absolute atomic E-state index is 0.369. The molecule has 1 aromatic carbocycles. The highest BCUT2D eigenvalue weighted by Crippen LogP contribution is 2.22. The summed E-state index contributed by atoms with van der Waals surface area (Å²) in [6.45, 7) is 0. The Bertz CT molecular complexity index is 298. The Balaban J connectivity index is 2.62. The molecule has 1 atom stereocenters. The SMILES string of the molecule is O=C(O)C(CCCCS)c1ccccc1. The first-order chi connectivity index (χ1) is 7.25. The standard InChI is InChI=1S/C12H16O2S/c13-12(14)11(8-4-5-9-15)10-6-2-1-3-7-10/h1-3,6-7,11,15H,4-5,8-9H2,(H,13,14). The molecule has 82 valence electrons. The van der Waals surface area contributed by atoms with Crippen molar-refractivity contribution in [3.8, 4) is 0 Å². The van der Waals surface area contributed by atoms with Gasteiger partial charge >= 0.3 is 5.97 Å². The fourth-order valence-electron chi connectivity index (χ4n) is 1.58. The average Bonchev–Trinajstić information content (AvgIpc) is 2.25. The highest BCUT2D eigenvalue weighted by molar-refractivity contribution is 7.80. The first-order valence-corrected chi connectivity index (χ1v) is 5.77. The first-order valence-electron chi connectivity index (χ1n) is 5.14. The van der Waals surface area contributed by atoms with Crippen LogP contribution < -0.4 is 0 Å². The second-order valence-electron chi connectivity index (χ2n) is 3.52. The van der Waals surface area contributed by atoms with Gasteiger partial charge in [0.1, 0.15) is 0 Å². The van der Waals surface area contributed by atoms with Gasteiger partial charge in [-0.25, -0.2) is 0 Å². The van der Waals surface area contributed by atoms with E-state index in [2.05, 4.69) is 12.6 Å². The van der Waals surface area contributed by atoms with E-state index in [-0.39, 0.29) is 5.92 Å². The van der Waals surface area contributed by atoms with E-state index < -0.39 is 5.97 Å². The Morgan fingerprint density at radius 1 is 1.27 bits per heavy atom. The van der Waals surface area contributed by atoms with Crippen LogP contribution in [0.2, 0.25) is 0 Å². The summed E-state index contributed by atoms with van der Waals surface area (Å²) in [6, 6.07) is 9.41. The monoisotopic (exact) mass is 224 g/mol. The number of carboxylic acid groups (broad SMARTS) is 1. The highest BCUT2D eigenvalue weighted by atomic mass is 32.1. The summed E-state index contributed by atoms with van der Waals surface area (Å²) in [5, 5.41) is 9.11. The summed E-state index contributed by atoms with van der Waals surface area (Å²) >= 11 is 4.11. The third-order valence-electron chi connectivity index (χ3n) is 2.40. The van der Waals surface area contributed by atoms with Crippen molar-refractivity contribution < 1.29 is 9.90 Å². The molecule has 1 aromatic rings. The van der Waals surface area contributed by atoms with Gasteiger partial charge in [-0.15, -0.1) is 0 Å². The van der Waals surface area contributed by atoms with Crippen molar-refractivity contribution in [1.29, 1.82) is 0 Å². The summed E-state index contributed by atoms with van der Waals surface area (Å²) in [5.74, 6) is -0.285. The van der Waals surface area contributed by atoms with Gasteiger partial charge in [-0.2, -0.15) is 12.6 Å². The van der Waals surface area contributed by atoms with E-state index >= 15 is 0 Å². The Morgan fingerprint density at radius 3 is 2.47 bits per heavy atom. The molecule has 0 aliphatic rings. The molecule has 0 heterocycles. The lowest BCUT2D eigenvalue weighted by Gasteiger charge is -2.11. The fourth-order valence-corrected chi connectivity index (χ4v) is 1.80. The smallest absolute Gasteiger partial charge is 0.310 e. The van der Waals surface area contributed by atoms with Crippen LogP contribution in [0.1, 0.15) is 30.7 Å². The minimum atomic E-state index is -0.736.